The third-order valence-corrected chi connectivity index (χ3v) is 7.78. The van der Waals surface area contributed by atoms with Crippen LogP contribution in [0.15, 0.2) is 60.7 Å². The van der Waals surface area contributed by atoms with Gasteiger partial charge in [0.1, 0.15) is 17.0 Å². The first-order valence-corrected chi connectivity index (χ1v) is 12.1. The first-order valence-electron chi connectivity index (χ1n) is 12.1. The molecule has 0 saturated carbocycles. The number of carbonyl (C=O) groups is 1. The predicted molar refractivity (Wildman–Crippen MR) is 130 cm³/mol. The van der Waals surface area contributed by atoms with Crippen molar-refractivity contribution in [3.63, 3.8) is 0 Å². The second-order valence-corrected chi connectivity index (χ2v) is 9.60. The summed E-state index contributed by atoms with van der Waals surface area (Å²) >= 11 is 0. The molecule has 1 spiro atoms. The Morgan fingerprint density at radius 3 is 1.82 bits per heavy atom. The largest absolute Gasteiger partial charge is 0.456 e. The van der Waals surface area contributed by atoms with E-state index in [4.69, 9.17) is 4.74 Å². The third kappa shape index (κ3) is 2.68. The lowest BCUT2D eigenvalue weighted by Crippen LogP contribution is -2.43. The van der Waals surface area contributed by atoms with Gasteiger partial charge in [0.25, 0.3) is 5.91 Å². The minimum absolute atomic E-state index is 0.0309. The van der Waals surface area contributed by atoms with Gasteiger partial charge in [0.2, 0.25) is 0 Å². The van der Waals surface area contributed by atoms with Crippen molar-refractivity contribution in [2.45, 2.75) is 31.2 Å². The molecule has 7 rings (SSSR count). The normalized spacial score (nSPS) is 19.8. The summed E-state index contributed by atoms with van der Waals surface area (Å²) in [7, 11) is 0. The fourth-order valence-corrected chi connectivity index (χ4v) is 6.16. The maximum absolute atomic E-state index is 13.1. The van der Waals surface area contributed by atoms with Gasteiger partial charge in [0, 0.05) is 66.4 Å². The average Bonchev–Trinajstić information content (AvgIpc) is 3.61. The summed E-state index contributed by atoms with van der Waals surface area (Å²) < 4.78 is 6.61. The Bertz CT molecular complexity index is 1210. The van der Waals surface area contributed by atoms with Crippen molar-refractivity contribution < 1.29 is 9.53 Å². The number of anilines is 2. The van der Waals surface area contributed by atoms with E-state index in [0.717, 1.165) is 59.9 Å². The molecule has 0 unspecified atom stereocenters. The number of carbonyl (C=O) groups excluding carboxylic acids is 1. The molecular weight excluding hydrogens is 410 g/mol. The van der Waals surface area contributed by atoms with Gasteiger partial charge in [0.15, 0.2) is 0 Å². The zero-order valence-electron chi connectivity index (χ0n) is 18.6. The van der Waals surface area contributed by atoms with E-state index in [9.17, 15) is 4.79 Å². The predicted octanol–water partition coefficient (Wildman–Crippen LogP) is 5.03. The summed E-state index contributed by atoms with van der Waals surface area (Å²) in [6.45, 7) is 4.33. The molecule has 5 nitrogen and oxygen atoms in total. The molecule has 0 radical (unpaired) electrons. The minimum Gasteiger partial charge on any atom is -0.456 e. The van der Waals surface area contributed by atoms with Crippen molar-refractivity contribution >= 4 is 17.3 Å². The minimum atomic E-state index is -0.732. The van der Waals surface area contributed by atoms with Crippen LogP contribution in [0.4, 0.5) is 11.4 Å². The van der Waals surface area contributed by atoms with Crippen LogP contribution < -0.4 is 19.9 Å². The Morgan fingerprint density at radius 2 is 1.24 bits per heavy atom. The Kier molecular flexibility index (Phi) is 4.05. The number of ether oxygens (including phenoxy) is 1. The molecule has 2 fully saturated rings. The van der Waals surface area contributed by atoms with Crippen LogP contribution in [0.1, 0.15) is 52.7 Å². The van der Waals surface area contributed by atoms with Gasteiger partial charge in [-0.3, -0.25) is 4.79 Å². The van der Waals surface area contributed by atoms with E-state index in [-0.39, 0.29) is 5.91 Å². The number of amides is 1. The van der Waals surface area contributed by atoms with E-state index in [2.05, 4.69) is 57.6 Å². The van der Waals surface area contributed by atoms with Crippen molar-refractivity contribution in [2.24, 2.45) is 0 Å². The molecule has 0 atom stereocenters. The van der Waals surface area contributed by atoms with Crippen molar-refractivity contribution in [2.75, 3.05) is 36.0 Å². The smallest absolute Gasteiger partial charge is 0.252 e. The third-order valence-electron chi connectivity index (χ3n) is 7.78. The van der Waals surface area contributed by atoms with Gasteiger partial charge in [-0.25, -0.2) is 0 Å². The van der Waals surface area contributed by atoms with E-state index in [1.165, 1.54) is 37.1 Å². The van der Waals surface area contributed by atoms with Crippen molar-refractivity contribution in [3.05, 3.63) is 82.9 Å². The van der Waals surface area contributed by atoms with Crippen LogP contribution in [0.25, 0.3) is 0 Å². The van der Waals surface area contributed by atoms with Gasteiger partial charge < -0.3 is 19.9 Å². The van der Waals surface area contributed by atoms with Crippen LogP contribution in [0.3, 0.4) is 0 Å². The number of hydrogen-bond donors (Lipinski definition) is 1. The Hall–Kier alpha value is -3.47. The molecule has 33 heavy (non-hydrogen) atoms. The van der Waals surface area contributed by atoms with Crippen LogP contribution >= 0.6 is 0 Å². The fraction of sp³-hybridized carbons (Fsp3) is 0.321. The number of benzene rings is 3. The van der Waals surface area contributed by atoms with Crippen LogP contribution in [-0.4, -0.2) is 32.1 Å². The molecule has 2 saturated heterocycles. The second kappa shape index (κ2) is 7.01. The maximum Gasteiger partial charge on any atom is 0.252 e. The summed E-state index contributed by atoms with van der Waals surface area (Å²) in [4.78, 5) is 18.0. The van der Waals surface area contributed by atoms with E-state index in [0.29, 0.717) is 0 Å². The van der Waals surface area contributed by atoms with Crippen LogP contribution in [-0.2, 0) is 5.54 Å². The molecule has 0 bridgehead atoms. The van der Waals surface area contributed by atoms with Crippen molar-refractivity contribution in [1.82, 2.24) is 5.32 Å². The maximum atomic E-state index is 13.1. The van der Waals surface area contributed by atoms with Gasteiger partial charge in [0.05, 0.1) is 0 Å². The van der Waals surface area contributed by atoms with Gasteiger partial charge in [-0.1, -0.05) is 30.3 Å². The van der Waals surface area contributed by atoms with Gasteiger partial charge in [-0.2, -0.15) is 0 Å². The number of rotatable bonds is 2. The summed E-state index contributed by atoms with van der Waals surface area (Å²) in [5, 5.41) is 3.38. The van der Waals surface area contributed by atoms with Gasteiger partial charge in [-0.05, 0) is 49.4 Å². The van der Waals surface area contributed by atoms with E-state index >= 15 is 0 Å². The molecule has 1 N–H and O–H groups in total. The first kappa shape index (κ1) is 19.0. The zero-order valence-corrected chi connectivity index (χ0v) is 18.6. The Balaban J connectivity index is 1.44. The SMILES string of the molecule is O=C1NC2(c3ccc(N4CCCC4)cc3Oc3cc(N4CCCC4)ccc32)c2ccccc21. The van der Waals surface area contributed by atoms with E-state index < -0.39 is 5.54 Å². The number of nitrogens with zero attached hydrogens (tertiary/aromatic N) is 2. The van der Waals surface area contributed by atoms with Crippen molar-refractivity contribution in [1.29, 1.82) is 0 Å². The standard InChI is InChI=1S/C28H27N3O2/c32-27-21-7-1-2-8-22(21)28(29-27)23-11-9-19(30-13-3-4-14-30)17-25(23)33-26-18-20(10-12-24(26)28)31-15-5-6-16-31/h1-2,7-12,17-18H,3-6,13-16H2,(H,29,32). The van der Waals surface area contributed by atoms with Crippen LogP contribution in [0.5, 0.6) is 11.5 Å². The summed E-state index contributed by atoms with van der Waals surface area (Å²) in [6.07, 6.45) is 4.92. The highest BCUT2D eigenvalue weighted by Gasteiger charge is 2.51. The number of nitrogens with one attached hydrogen (secondary N) is 1. The Morgan fingerprint density at radius 1 is 0.697 bits per heavy atom. The molecule has 3 aromatic rings. The van der Waals surface area contributed by atoms with Gasteiger partial charge in [-0.15, -0.1) is 0 Å². The molecule has 0 aliphatic carbocycles. The molecule has 1 amide bonds. The van der Waals surface area contributed by atoms with Gasteiger partial charge >= 0.3 is 0 Å². The molecule has 166 valence electrons. The molecule has 0 aromatic heterocycles. The Labute approximate surface area is 194 Å². The molecule has 4 aliphatic heterocycles. The lowest BCUT2D eigenvalue weighted by atomic mass is 9.75. The summed E-state index contributed by atoms with van der Waals surface area (Å²) in [5.41, 5.74) is 5.41. The zero-order chi connectivity index (χ0) is 22.0. The molecule has 4 heterocycles. The van der Waals surface area contributed by atoms with Crippen LogP contribution in [0, 0.1) is 0 Å². The quantitative estimate of drug-likeness (QED) is 0.611. The summed E-state index contributed by atoms with van der Waals surface area (Å²) in [6, 6.07) is 21.0. The fourth-order valence-electron chi connectivity index (χ4n) is 6.16. The summed E-state index contributed by atoms with van der Waals surface area (Å²) in [5.74, 6) is 1.64. The monoisotopic (exact) mass is 437 g/mol. The molecule has 3 aromatic carbocycles. The lowest BCUT2D eigenvalue weighted by Gasteiger charge is -2.39. The lowest BCUT2D eigenvalue weighted by molar-refractivity contribution is 0.0947. The van der Waals surface area contributed by atoms with E-state index in [1.807, 2.05) is 18.2 Å². The highest BCUT2D eigenvalue weighted by molar-refractivity contribution is 6.02. The molecular formula is C28H27N3O2. The highest BCUT2D eigenvalue weighted by atomic mass is 16.5. The topological polar surface area (TPSA) is 44.8 Å². The molecule has 4 aliphatic rings. The van der Waals surface area contributed by atoms with Crippen LogP contribution in [0.2, 0.25) is 0 Å². The molecule has 5 heteroatoms. The highest BCUT2D eigenvalue weighted by Crippen LogP contribution is 2.54. The average molecular weight is 438 g/mol. The van der Waals surface area contributed by atoms with E-state index in [1.54, 1.807) is 0 Å². The number of hydrogen-bond acceptors (Lipinski definition) is 4. The number of fused-ring (bicyclic) bond motifs is 6. The second-order valence-electron chi connectivity index (χ2n) is 9.60. The van der Waals surface area contributed by atoms with Crippen molar-refractivity contribution in [3.8, 4) is 11.5 Å². The first-order chi connectivity index (χ1) is 16.2.